The number of amides is 1. The number of ether oxygens (including phenoxy) is 1. The maximum Gasteiger partial charge on any atom is 0.335 e. The molecule has 0 saturated heterocycles. The molecule has 0 unspecified atom stereocenters. The van der Waals surface area contributed by atoms with E-state index in [1.54, 1.807) is 6.26 Å². The number of hydrogen-bond acceptors (Lipinski definition) is 8. The molecule has 5 rings (SSSR count). The number of unbranched alkanes of at least 4 members (excludes halogenated alkanes) is 4. The first-order valence-corrected chi connectivity index (χ1v) is 19.1. The Balaban J connectivity index is 1.02. The van der Waals surface area contributed by atoms with Gasteiger partial charge in [-0.3, -0.25) is 14.6 Å². The summed E-state index contributed by atoms with van der Waals surface area (Å²) in [6.45, 7) is 4.92. The molecule has 7 N–H and O–H groups in total. The third kappa shape index (κ3) is 8.53. The number of aliphatic carboxylic acids is 1. The van der Waals surface area contributed by atoms with Crippen LogP contribution < -0.4 is 22.4 Å². The lowest BCUT2D eigenvalue weighted by molar-refractivity contribution is -0.178. The number of nitrogens with two attached hydrogens (primary N) is 2. The van der Waals surface area contributed by atoms with Gasteiger partial charge in [0.2, 0.25) is 5.91 Å². The number of hydrogen-bond donors (Lipinski definition) is 5. The summed E-state index contributed by atoms with van der Waals surface area (Å²) in [6, 6.07) is 2.40. The Labute approximate surface area is 300 Å². The van der Waals surface area contributed by atoms with Gasteiger partial charge in [0.25, 0.3) is 0 Å². The summed E-state index contributed by atoms with van der Waals surface area (Å²) >= 11 is 0. The van der Waals surface area contributed by atoms with Crippen LogP contribution in [0.1, 0.15) is 134 Å². The molecule has 12 heteroatoms. The highest BCUT2D eigenvalue weighted by molar-refractivity contribution is 5.83. The minimum atomic E-state index is -1.08. The molecule has 3 fully saturated rings. The third-order valence-corrected chi connectivity index (χ3v) is 13.0. The molecular formula is C39H58N4O8. The summed E-state index contributed by atoms with van der Waals surface area (Å²) in [6.07, 6.45) is 16.0. The van der Waals surface area contributed by atoms with Crippen LogP contribution in [0.4, 0.5) is 0 Å². The number of nitrogens with one attached hydrogen (secondary N) is 1. The largest absolute Gasteiger partial charge is 0.480 e. The number of esters is 1. The lowest BCUT2D eigenvalue weighted by Crippen LogP contribution is -2.60. The van der Waals surface area contributed by atoms with Gasteiger partial charge in [0.05, 0.1) is 11.9 Å². The van der Waals surface area contributed by atoms with Crippen LogP contribution in [0.3, 0.4) is 0 Å². The van der Waals surface area contributed by atoms with Crippen LogP contribution in [0.5, 0.6) is 0 Å². The van der Waals surface area contributed by atoms with Gasteiger partial charge >= 0.3 is 17.6 Å². The van der Waals surface area contributed by atoms with E-state index in [1.807, 2.05) is 6.07 Å². The number of carbonyl (C=O) groups is 3. The molecule has 8 atom stereocenters. The van der Waals surface area contributed by atoms with Crippen molar-refractivity contribution in [2.24, 2.45) is 39.1 Å². The van der Waals surface area contributed by atoms with E-state index in [1.165, 1.54) is 11.6 Å². The van der Waals surface area contributed by atoms with Crippen LogP contribution in [-0.4, -0.2) is 58.3 Å². The third-order valence-electron chi connectivity index (χ3n) is 13.0. The summed E-state index contributed by atoms with van der Waals surface area (Å²) < 4.78 is 11.2. The number of nitrogens with zero attached hydrogens (tertiary/aromatic N) is 1. The van der Waals surface area contributed by atoms with E-state index < -0.39 is 17.6 Å². The van der Waals surface area contributed by atoms with Crippen LogP contribution in [0.25, 0.3) is 0 Å². The predicted molar refractivity (Wildman–Crippen MR) is 193 cm³/mol. The van der Waals surface area contributed by atoms with Crippen molar-refractivity contribution in [2.45, 2.75) is 147 Å². The maximum atomic E-state index is 12.8. The summed E-state index contributed by atoms with van der Waals surface area (Å²) in [5, 5.41) is 24.4. The van der Waals surface area contributed by atoms with Crippen molar-refractivity contribution in [3.8, 4) is 0 Å². The number of rotatable bonds is 16. The quantitative estimate of drug-likeness (QED) is 0.0506. The minimum Gasteiger partial charge on any atom is -0.480 e. The summed E-state index contributed by atoms with van der Waals surface area (Å²) in [5.74, 6) is -0.837. The smallest absolute Gasteiger partial charge is 0.335 e. The Hall–Kier alpha value is -3.67. The zero-order valence-electron chi connectivity index (χ0n) is 30.4. The van der Waals surface area contributed by atoms with Crippen molar-refractivity contribution < 1.29 is 33.8 Å². The maximum absolute atomic E-state index is 12.8. The molecule has 0 aromatic carbocycles. The monoisotopic (exact) mass is 710 g/mol. The highest BCUT2D eigenvalue weighted by Gasteiger charge is 2.66. The Morgan fingerprint density at radius 3 is 2.43 bits per heavy atom. The van der Waals surface area contributed by atoms with Crippen LogP contribution in [0, 0.1) is 22.7 Å². The molecule has 1 amide bonds. The standard InChI is InChI=1S/C39H58N4O8/c1-37-19-16-27(51-34(46)11-7-5-3-4-6-10-32(44)43-31(35(47)48)9-8-22-42-36(40)41)23-26(37)13-14-30-29(37)17-20-38(2)28(18-21-39(30,38)49)25-12-15-33(45)50-24-25/h12,15,23-24,27-31,49H,3-11,13-14,16-22H2,1-2H3,(H,43,44)(H,47,48)(H4,40,41,42)/t27-,28+,29-,30+,31-,37-,38+,39-/m0/s1. The number of aliphatic imine (C=N–C) groups is 1. The van der Waals surface area contributed by atoms with E-state index >= 15 is 0 Å². The van der Waals surface area contributed by atoms with Crippen LogP contribution in [-0.2, 0) is 19.1 Å². The van der Waals surface area contributed by atoms with Gasteiger partial charge < -0.3 is 36.2 Å². The first-order valence-electron chi connectivity index (χ1n) is 19.1. The lowest BCUT2D eigenvalue weighted by Gasteiger charge is -2.61. The molecule has 0 aliphatic heterocycles. The predicted octanol–water partition coefficient (Wildman–Crippen LogP) is 5.07. The van der Waals surface area contributed by atoms with Crippen molar-refractivity contribution in [1.29, 1.82) is 0 Å². The Kier molecular flexibility index (Phi) is 12.4. The summed E-state index contributed by atoms with van der Waals surface area (Å²) in [5.41, 5.74) is 11.6. The van der Waals surface area contributed by atoms with Crippen LogP contribution >= 0.6 is 0 Å². The van der Waals surface area contributed by atoms with E-state index in [-0.39, 0.29) is 65.1 Å². The normalized spacial score (nSPS) is 31.6. The van der Waals surface area contributed by atoms with E-state index in [9.17, 15) is 29.4 Å². The number of carboxylic acid groups (broad SMARTS) is 1. The van der Waals surface area contributed by atoms with Gasteiger partial charge in [0.15, 0.2) is 5.96 Å². The molecule has 12 nitrogen and oxygen atoms in total. The van der Waals surface area contributed by atoms with E-state index in [2.05, 4.69) is 30.2 Å². The molecule has 4 aliphatic carbocycles. The van der Waals surface area contributed by atoms with Gasteiger partial charge in [-0.1, -0.05) is 38.7 Å². The van der Waals surface area contributed by atoms with Gasteiger partial charge in [0, 0.05) is 30.9 Å². The van der Waals surface area contributed by atoms with Gasteiger partial charge in [-0.2, -0.15) is 0 Å². The lowest BCUT2D eigenvalue weighted by atomic mass is 9.45. The topological polar surface area (TPSA) is 208 Å². The molecule has 4 aliphatic rings. The van der Waals surface area contributed by atoms with Crippen LogP contribution in [0.15, 0.2) is 44.2 Å². The molecule has 0 bridgehead atoms. The average Bonchev–Trinajstić information content (AvgIpc) is 3.36. The van der Waals surface area contributed by atoms with Gasteiger partial charge in [-0.05, 0) is 118 Å². The SMILES string of the molecule is C[C@]12CC[C@H](OC(=O)CCCCCCCC(=O)N[C@@H](CCCN=C(N)N)C(=O)O)C=C1CC[C@@H]1[C@@H]2CC[C@]2(C)[C@@H](c3ccc(=O)oc3)CC[C@]12O. The fourth-order valence-electron chi connectivity index (χ4n) is 10.2. The van der Waals surface area contributed by atoms with Crippen LogP contribution in [0.2, 0.25) is 0 Å². The van der Waals surface area contributed by atoms with Gasteiger partial charge in [-0.25, -0.2) is 9.59 Å². The second-order valence-corrected chi connectivity index (χ2v) is 16.0. The summed E-state index contributed by atoms with van der Waals surface area (Å²) in [7, 11) is 0. The molecule has 0 spiro atoms. The molecule has 0 radical (unpaired) electrons. The second kappa shape index (κ2) is 16.3. The van der Waals surface area contributed by atoms with E-state index in [4.69, 9.17) is 20.6 Å². The molecule has 1 heterocycles. The molecule has 51 heavy (non-hydrogen) atoms. The Morgan fingerprint density at radius 2 is 1.73 bits per heavy atom. The van der Waals surface area contributed by atoms with Crippen molar-refractivity contribution in [2.75, 3.05) is 6.54 Å². The molecule has 1 aromatic rings. The van der Waals surface area contributed by atoms with Crippen molar-refractivity contribution in [3.05, 3.63) is 46.0 Å². The fraction of sp³-hybridized carbons (Fsp3) is 0.718. The average molecular weight is 711 g/mol. The van der Waals surface area contributed by atoms with E-state index in [0.717, 1.165) is 82.6 Å². The minimum absolute atomic E-state index is 0.0134. The molecule has 1 aromatic heterocycles. The fourth-order valence-corrected chi connectivity index (χ4v) is 10.2. The van der Waals surface area contributed by atoms with Gasteiger partial charge in [0.1, 0.15) is 12.1 Å². The molecule has 3 saturated carbocycles. The first-order chi connectivity index (χ1) is 24.3. The Morgan fingerprint density at radius 1 is 0.980 bits per heavy atom. The Bertz CT molecular complexity index is 1520. The number of guanidine groups is 1. The van der Waals surface area contributed by atoms with Crippen molar-refractivity contribution in [1.82, 2.24) is 5.32 Å². The molecular weight excluding hydrogens is 652 g/mol. The summed E-state index contributed by atoms with van der Waals surface area (Å²) in [4.78, 5) is 51.9. The van der Waals surface area contributed by atoms with Crippen molar-refractivity contribution in [3.63, 3.8) is 0 Å². The molecule has 282 valence electrons. The number of carboxylic acids is 1. The zero-order valence-corrected chi connectivity index (χ0v) is 30.4. The highest BCUT2D eigenvalue weighted by Crippen LogP contribution is 2.70. The highest BCUT2D eigenvalue weighted by atomic mass is 16.5. The van der Waals surface area contributed by atoms with Crippen molar-refractivity contribution >= 4 is 23.8 Å². The number of allylic oxidation sites excluding steroid dienone is 1. The number of carbonyl (C=O) groups excluding carboxylic acids is 2. The number of aliphatic hydroxyl groups is 1. The second-order valence-electron chi connectivity index (χ2n) is 16.0. The first kappa shape index (κ1) is 38.6. The van der Waals surface area contributed by atoms with Gasteiger partial charge in [-0.15, -0.1) is 0 Å². The number of fused-ring (bicyclic) bond motifs is 5. The van der Waals surface area contributed by atoms with E-state index in [0.29, 0.717) is 31.7 Å². The zero-order chi connectivity index (χ0) is 36.8.